The van der Waals surface area contributed by atoms with Crippen LogP contribution in [0.1, 0.15) is 58.8 Å². The summed E-state index contributed by atoms with van der Waals surface area (Å²) >= 11 is 0. The molecule has 0 radical (unpaired) electrons. The van der Waals surface area contributed by atoms with Gasteiger partial charge in [-0.1, -0.05) is 26.7 Å². The van der Waals surface area contributed by atoms with Gasteiger partial charge in [0.05, 0.1) is 0 Å². The number of nitrogens with one attached hydrogen (secondary N) is 2. The highest BCUT2D eigenvalue weighted by molar-refractivity contribution is 4.89. The molecule has 3 atom stereocenters. The molecule has 0 spiro atoms. The highest BCUT2D eigenvalue weighted by atomic mass is 15.0. The molecule has 100 valence electrons. The Morgan fingerprint density at radius 2 is 2.12 bits per heavy atom. The second kappa shape index (κ2) is 6.19. The summed E-state index contributed by atoms with van der Waals surface area (Å²) in [6.45, 7) is 8.44. The molecule has 0 aromatic heterocycles. The molecule has 2 rings (SSSR count). The lowest BCUT2D eigenvalue weighted by molar-refractivity contribution is 0.269. The maximum absolute atomic E-state index is 3.88. The van der Waals surface area contributed by atoms with E-state index >= 15 is 0 Å². The molecule has 0 amide bonds. The second-order valence-corrected chi connectivity index (χ2v) is 6.47. The zero-order valence-corrected chi connectivity index (χ0v) is 11.7. The van der Waals surface area contributed by atoms with Gasteiger partial charge in [-0.05, 0) is 50.0 Å². The Kier molecular flexibility index (Phi) is 4.87. The number of hydrogen-bond donors (Lipinski definition) is 2. The Balaban J connectivity index is 1.76. The Labute approximate surface area is 107 Å². The summed E-state index contributed by atoms with van der Waals surface area (Å²) in [6.07, 6.45) is 9.77. The topological polar surface area (TPSA) is 24.1 Å². The van der Waals surface area contributed by atoms with E-state index in [1.165, 1.54) is 64.6 Å². The highest BCUT2D eigenvalue weighted by Crippen LogP contribution is 2.29. The Morgan fingerprint density at radius 3 is 2.82 bits per heavy atom. The summed E-state index contributed by atoms with van der Waals surface area (Å²) in [4.78, 5) is 0. The first kappa shape index (κ1) is 13.4. The molecule has 1 aliphatic carbocycles. The zero-order valence-electron chi connectivity index (χ0n) is 11.7. The molecule has 3 unspecified atom stereocenters. The first-order valence-corrected chi connectivity index (χ1v) is 7.68. The molecule has 2 N–H and O–H groups in total. The standard InChI is InChI=1S/C15H30N2/c1-3-15(9-10-16-11-15)12-17-14-6-4-5-13(2)7-8-14/h13-14,16-17H,3-12H2,1-2H3. The summed E-state index contributed by atoms with van der Waals surface area (Å²) in [7, 11) is 0. The molecule has 0 aromatic carbocycles. The molecule has 2 heteroatoms. The van der Waals surface area contributed by atoms with E-state index < -0.39 is 0 Å². The molecule has 1 saturated heterocycles. The molecule has 0 bridgehead atoms. The second-order valence-electron chi connectivity index (χ2n) is 6.47. The van der Waals surface area contributed by atoms with Crippen LogP contribution in [0.25, 0.3) is 0 Å². The minimum atomic E-state index is 0.553. The summed E-state index contributed by atoms with van der Waals surface area (Å²) in [5.74, 6) is 0.954. The van der Waals surface area contributed by atoms with Crippen LogP contribution in [0.15, 0.2) is 0 Å². The van der Waals surface area contributed by atoms with Crippen LogP contribution in [0.5, 0.6) is 0 Å². The fourth-order valence-electron chi connectivity index (χ4n) is 3.43. The first-order chi connectivity index (χ1) is 8.24. The summed E-state index contributed by atoms with van der Waals surface area (Å²) in [6, 6.07) is 0.795. The monoisotopic (exact) mass is 238 g/mol. The average Bonchev–Trinajstić information content (AvgIpc) is 2.72. The van der Waals surface area contributed by atoms with Gasteiger partial charge < -0.3 is 10.6 Å². The average molecular weight is 238 g/mol. The predicted octanol–water partition coefficient (Wildman–Crippen LogP) is 2.93. The van der Waals surface area contributed by atoms with Crippen LogP contribution in [0, 0.1) is 11.3 Å². The van der Waals surface area contributed by atoms with E-state index in [4.69, 9.17) is 0 Å². The fraction of sp³-hybridized carbons (Fsp3) is 1.00. The summed E-state index contributed by atoms with van der Waals surface area (Å²) in [5.41, 5.74) is 0.553. The molecular weight excluding hydrogens is 208 g/mol. The molecule has 2 fully saturated rings. The molecule has 0 aromatic rings. The van der Waals surface area contributed by atoms with Crippen LogP contribution in [-0.4, -0.2) is 25.7 Å². The smallest absolute Gasteiger partial charge is 0.00674 e. The van der Waals surface area contributed by atoms with E-state index in [9.17, 15) is 0 Å². The lowest BCUT2D eigenvalue weighted by Crippen LogP contribution is -2.40. The Bertz CT molecular complexity index is 221. The quantitative estimate of drug-likeness (QED) is 0.736. The van der Waals surface area contributed by atoms with Gasteiger partial charge in [-0.2, -0.15) is 0 Å². The van der Waals surface area contributed by atoms with Gasteiger partial charge in [0.1, 0.15) is 0 Å². The van der Waals surface area contributed by atoms with Crippen molar-refractivity contribution >= 4 is 0 Å². The van der Waals surface area contributed by atoms with Gasteiger partial charge in [0.25, 0.3) is 0 Å². The van der Waals surface area contributed by atoms with Crippen molar-refractivity contribution < 1.29 is 0 Å². The van der Waals surface area contributed by atoms with Crippen LogP contribution < -0.4 is 10.6 Å². The number of rotatable bonds is 4. The van der Waals surface area contributed by atoms with Crippen molar-refractivity contribution in [2.45, 2.75) is 64.8 Å². The SMILES string of the molecule is CCC1(CNC2CCCC(C)CC2)CCNC1. The lowest BCUT2D eigenvalue weighted by Gasteiger charge is -2.29. The first-order valence-electron chi connectivity index (χ1n) is 7.68. The normalized spacial score (nSPS) is 39.2. The van der Waals surface area contributed by atoms with Crippen molar-refractivity contribution in [2.75, 3.05) is 19.6 Å². The summed E-state index contributed by atoms with van der Waals surface area (Å²) < 4.78 is 0. The maximum atomic E-state index is 3.88. The van der Waals surface area contributed by atoms with E-state index in [0.717, 1.165) is 12.0 Å². The van der Waals surface area contributed by atoms with Gasteiger partial charge in [-0.3, -0.25) is 0 Å². The molecular formula is C15H30N2. The molecule has 17 heavy (non-hydrogen) atoms. The van der Waals surface area contributed by atoms with Gasteiger partial charge in [0.15, 0.2) is 0 Å². The molecule has 2 aliphatic rings. The fourth-order valence-corrected chi connectivity index (χ4v) is 3.43. The highest BCUT2D eigenvalue weighted by Gasteiger charge is 2.32. The molecule has 2 nitrogen and oxygen atoms in total. The van der Waals surface area contributed by atoms with Crippen molar-refractivity contribution in [3.05, 3.63) is 0 Å². The number of hydrogen-bond acceptors (Lipinski definition) is 2. The van der Waals surface area contributed by atoms with Crippen LogP contribution in [0.3, 0.4) is 0 Å². The van der Waals surface area contributed by atoms with Gasteiger partial charge in [-0.15, -0.1) is 0 Å². The van der Waals surface area contributed by atoms with E-state index in [0.29, 0.717) is 5.41 Å². The van der Waals surface area contributed by atoms with E-state index in [-0.39, 0.29) is 0 Å². The largest absolute Gasteiger partial charge is 0.316 e. The molecule has 1 aliphatic heterocycles. The maximum Gasteiger partial charge on any atom is 0.00674 e. The Hall–Kier alpha value is -0.0800. The van der Waals surface area contributed by atoms with Crippen molar-refractivity contribution in [1.29, 1.82) is 0 Å². The van der Waals surface area contributed by atoms with Crippen LogP contribution >= 0.6 is 0 Å². The summed E-state index contributed by atoms with van der Waals surface area (Å²) in [5, 5.41) is 7.41. The van der Waals surface area contributed by atoms with Crippen molar-refractivity contribution in [1.82, 2.24) is 10.6 Å². The molecule has 1 saturated carbocycles. The van der Waals surface area contributed by atoms with Gasteiger partial charge in [0.2, 0.25) is 0 Å². The lowest BCUT2D eigenvalue weighted by atomic mass is 9.84. The van der Waals surface area contributed by atoms with Gasteiger partial charge in [0, 0.05) is 19.1 Å². The Morgan fingerprint density at radius 1 is 1.24 bits per heavy atom. The van der Waals surface area contributed by atoms with Crippen molar-refractivity contribution in [3.63, 3.8) is 0 Å². The van der Waals surface area contributed by atoms with Crippen molar-refractivity contribution in [3.8, 4) is 0 Å². The third-order valence-corrected chi connectivity index (χ3v) is 5.11. The molecule has 1 heterocycles. The minimum absolute atomic E-state index is 0.553. The van der Waals surface area contributed by atoms with Crippen molar-refractivity contribution in [2.24, 2.45) is 11.3 Å². The van der Waals surface area contributed by atoms with Crippen LogP contribution in [0.4, 0.5) is 0 Å². The van der Waals surface area contributed by atoms with E-state index in [2.05, 4.69) is 24.5 Å². The third-order valence-electron chi connectivity index (χ3n) is 5.11. The minimum Gasteiger partial charge on any atom is -0.316 e. The van der Waals surface area contributed by atoms with Crippen LogP contribution in [0.2, 0.25) is 0 Å². The zero-order chi connectivity index (χ0) is 12.1. The van der Waals surface area contributed by atoms with E-state index in [1.807, 2.05) is 0 Å². The van der Waals surface area contributed by atoms with Gasteiger partial charge >= 0.3 is 0 Å². The predicted molar refractivity (Wildman–Crippen MR) is 74.3 cm³/mol. The third kappa shape index (κ3) is 3.69. The van der Waals surface area contributed by atoms with Crippen LogP contribution in [-0.2, 0) is 0 Å². The van der Waals surface area contributed by atoms with Gasteiger partial charge in [-0.25, -0.2) is 0 Å². The van der Waals surface area contributed by atoms with E-state index in [1.54, 1.807) is 0 Å².